The summed E-state index contributed by atoms with van der Waals surface area (Å²) < 4.78 is 9.73. The molecule has 0 spiro atoms. The van der Waals surface area contributed by atoms with Gasteiger partial charge in [-0.3, -0.25) is 0 Å². The smallest absolute Gasteiger partial charge is 0.330 e. The van der Waals surface area contributed by atoms with Gasteiger partial charge in [0.1, 0.15) is 5.75 Å². The third-order valence-electron chi connectivity index (χ3n) is 1.82. The summed E-state index contributed by atoms with van der Waals surface area (Å²) in [5.41, 5.74) is 0.713. The van der Waals surface area contributed by atoms with Crippen LogP contribution in [0.1, 0.15) is 12.5 Å². The van der Waals surface area contributed by atoms with E-state index in [1.165, 1.54) is 6.08 Å². The standard InChI is InChI=1S/C12H14O4/c1-2-15-12(14)8-7-10-5-3-4-6-11(10)16-9-13/h3-8,13H,2,9H2,1H3/b8-7+. The molecule has 0 unspecified atom stereocenters. The van der Waals surface area contributed by atoms with Crippen molar-refractivity contribution < 1.29 is 19.4 Å². The van der Waals surface area contributed by atoms with E-state index in [-0.39, 0.29) is 0 Å². The lowest BCUT2D eigenvalue weighted by molar-refractivity contribution is -0.137. The Bertz CT molecular complexity index is 371. The molecule has 0 aromatic heterocycles. The zero-order valence-electron chi connectivity index (χ0n) is 9.05. The van der Waals surface area contributed by atoms with E-state index in [9.17, 15) is 4.79 Å². The Kier molecular flexibility index (Phi) is 5.08. The van der Waals surface area contributed by atoms with E-state index in [0.717, 1.165) is 0 Å². The van der Waals surface area contributed by atoms with Gasteiger partial charge in [-0.25, -0.2) is 4.79 Å². The fourth-order valence-electron chi connectivity index (χ4n) is 1.17. The molecule has 0 aliphatic rings. The molecule has 0 bridgehead atoms. The lowest BCUT2D eigenvalue weighted by atomic mass is 10.2. The number of benzene rings is 1. The second-order valence-electron chi connectivity index (χ2n) is 2.90. The zero-order valence-corrected chi connectivity index (χ0v) is 9.05. The van der Waals surface area contributed by atoms with Crippen molar-refractivity contribution in [2.24, 2.45) is 0 Å². The summed E-state index contributed by atoms with van der Waals surface area (Å²) in [7, 11) is 0. The monoisotopic (exact) mass is 222 g/mol. The third-order valence-corrected chi connectivity index (χ3v) is 1.82. The number of rotatable bonds is 5. The van der Waals surface area contributed by atoms with Crippen LogP contribution in [0.25, 0.3) is 6.08 Å². The lowest BCUT2D eigenvalue weighted by Crippen LogP contribution is -1.99. The van der Waals surface area contributed by atoms with Crippen molar-refractivity contribution in [1.29, 1.82) is 0 Å². The molecule has 0 saturated carbocycles. The van der Waals surface area contributed by atoms with Crippen molar-refractivity contribution in [3.05, 3.63) is 35.9 Å². The van der Waals surface area contributed by atoms with E-state index in [1.54, 1.807) is 31.2 Å². The predicted octanol–water partition coefficient (Wildman–Crippen LogP) is 1.59. The van der Waals surface area contributed by atoms with Crippen LogP contribution < -0.4 is 4.74 Å². The fraction of sp³-hybridized carbons (Fsp3) is 0.250. The number of aliphatic hydroxyl groups is 1. The molecule has 4 heteroatoms. The predicted molar refractivity (Wildman–Crippen MR) is 59.8 cm³/mol. The van der Waals surface area contributed by atoms with Crippen molar-refractivity contribution >= 4 is 12.0 Å². The highest BCUT2D eigenvalue weighted by Gasteiger charge is 2.00. The van der Waals surface area contributed by atoms with Crippen molar-refractivity contribution in [1.82, 2.24) is 0 Å². The second-order valence-corrected chi connectivity index (χ2v) is 2.90. The summed E-state index contributed by atoms with van der Waals surface area (Å²) in [6.45, 7) is 1.69. The Labute approximate surface area is 94.1 Å². The van der Waals surface area contributed by atoms with E-state index in [2.05, 4.69) is 0 Å². The molecule has 0 radical (unpaired) electrons. The molecule has 0 aliphatic heterocycles. The van der Waals surface area contributed by atoms with Gasteiger partial charge in [0.05, 0.1) is 6.61 Å². The first-order valence-corrected chi connectivity index (χ1v) is 4.95. The summed E-state index contributed by atoms with van der Waals surface area (Å²) in [4.78, 5) is 11.1. The van der Waals surface area contributed by atoms with Crippen molar-refractivity contribution in [2.75, 3.05) is 13.4 Å². The summed E-state index contributed by atoms with van der Waals surface area (Å²) in [6.07, 6.45) is 2.91. The highest BCUT2D eigenvalue weighted by molar-refractivity contribution is 5.87. The Balaban J connectivity index is 2.75. The summed E-state index contributed by atoms with van der Waals surface area (Å²) in [5, 5.41) is 8.67. The second kappa shape index (κ2) is 6.63. The molecule has 0 saturated heterocycles. The molecule has 0 heterocycles. The number of para-hydroxylation sites is 1. The van der Waals surface area contributed by atoms with Gasteiger partial charge in [0.25, 0.3) is 0 Å². The van der Waals surface area contributed by atoms with E-state index in [0.29, 0.717) is 17.9 Å². The molecule has 0 atom stereocenters. The molecule has 0 fully saturated rings. The van der Waals surface area contributed by atoms with E-state index in [4.69, 9.17) is 14.6 Å². The van der Waals surface area contributed by atoms with Crippen LogP contribution in [0.4, 0.5) is 0 Å². The molecular weight excluding hydrogens is 208 g/mol. The van der Waals surface area contributed by atoms with Crippen LogP contribution in [-0.2, 0) is 9.53 Å². The average molecular weight is 222 g/mol. The maximum absolute atomic E-state index is 11.1. The molecule has 4 nitrogen and oxygen atoms in total. The number of carbonyl (C=O) groups is 1. The van der Waals surface area contributed by atoms with Crippen LogP contribution in [0.2, 0.25) is 0 Å². The van der Waals surface area contributed by atoms with E-state index >= 15 is 0 Å². The highest BCUT2D eigenvalue weighted by atomic mass is 16.6. The number of carbonyl (C=O) groups excluding carboxylic acids is 1. The Hall–Kier alpha value is -1.81. The molecule has 16 heavy (non-hydrogen) atoms. The molecule has 0 aliphatic carbocycles. The molecular formula is C12H14O4. The Morgan fingerprint density at radius 3 is 2.88 bits per heavy atom. The third kappa shape index (κ3) is 3.74. The minimum Gasteiger partial charge on any atom is -0.467 e. The summed E-state index contributed by atoms with van der Waals surface area (Å²) in [5.74, 6) is 0.117. The number of hydrogen-bond donors (Lipinski definition) is 1. The molecule has 1 N–H and O–H groups in total. The number of ether oxygens (including phenoxy) is 2. The van der Waals surface area contributed by atoms with Crippen molar-refractivity contribution in [2.45, 2.75) is 6.92 Å². The zero-order chi connectivity index (χ0) is 11.8. The van der Waals surface area contributed by atoms with Crippen LogP contribution in [0.15, 0.2) is 30.3 Å². The van der Waals surface area contributed by atoms with E-state index in [1.807, 2.05) is 6.07 Å². The Morgan fingerprint density at radius 1 is 1.44 bits per heavy atom. The topological polar surface area (TPSA) is 55.8 Å². The van der Waals surface area contributed by atoms with Gasteiger partial charge in [-0.1, -0.05) is 18.2 Å². The molecule has 1 aromatic rings. The molecule has 0 amide bonds. The first kappa shape index (κ1) is 12.3. The fourth-order valence-corrected chi connectivity index (χ4v) is 1.17. The average Bonchev–Trinajstić information content (AvgIpc) is 2.29. The molecule has 1 rings (SSSR count). The van der Waals surface area contributed by atoms with Crippen LogP contribution in [0.3, 0.4) is 0 Å². The van der Waals surface area contributed by atoms with Gasteiger partial charge >= 0.3 is 5.97 Å². The van der Waals surface area contributed by atoms with Crippen molar-refractivity contribution in [3.8, 4) is 5.75 Å². The summed E-state index contributed by atoms with van der Waals surface area (Å²) in [6, 6.07) is 7.09. The van der Waals surface area contributed by atoms with Gasteiger partial charge in [0.2, 0.25) is 0 Å². The summed E-state index contributed by atoms with van der Waals surface area (Å²) >= 11 is 0. The van der Waals surface area contributed by atoms with Gasteiger partial charge in [-0.2, -0.15) is 0 Å². The molecule has 86 valence electrons. The number of aliphatic hydroxyl groups excluding tert-OH is 1. The minimum atomic E-state index is -0.402. The quantitative estimate of drug-likeness (QED) is 0.467. The lowest BCUT2D eigenvalue weighted by Gasteiger charge is -2.05. The van der Waals surface area contributed by atoms with Gasteiger partial charge < -0.3 is 14.6 Å². The van der Waals surface area contributed by atoms with Crippen molar-refractivity contribution in [3.63, 3.8) is 0 Å². The van der Waals surface area contributed by atoms with Crippen LogP contribution in [0, 0.1) is 0 Å². The SMILES string of the molecule is CCOC(=O)/C=C/c1ccccc1OCO. The minimum absolute atomic E-state index is 0.345. The maximum atomic E-state index is 11.1. The van der Waals surface area contributed by atoms with Gasteiger partial charge in [-0.05, 0) is 19.1 Å². The van der Waals surface area contributed by atoms with Gasteiger partial charge in [-0.15, -0.1) is 0 Å². The normalized spacial score (nSPS) is 10.4. The molecule has 1 aromatic carbocycles. The van der Waals surface area contributed by atoms with Crippen LogP contribution >= 0.6 is 0 Å². The number of esters is 1. The first-order valence-electron chi connectivity index (χ1n) is 4.95. The highest BCUT2D eigenvalue weighted by Crippen LogP contribution is 2.19. The largest absolute Gasteiger partial charge is 0.467 e. The van der Waals surface area contributed by atoms with Crippen LogP contribution in [0.5, 0.6) is 5.75 Å². The first-order chi connectivity index (χ1) is 7.77. The van der Waals surface area contributed by atoms with Gasteiger partial charge in [0, 0.05) is 11.6 Å². The van der Waals surface area contributed by atoms with E-state index < -0.39 is 12.8 Å². The maximum Gasteiger partial charge on any atom is 0.330 e. The van der Waals surface area contributed by atoms with Crippen LogP contribution in [-0.4, -0.2) is 24.5 Å². The number of hydrogen-bond acceptors (Lipinski definition) is 4. The Morgan fingerprint density at radius 2 is 2.19 bits per heavy atom. The van der Waals surface area contributed by atoms with Gasteiger partial charge in [0.15, 0.2) is 6.79 Å².